The second-order valence-electron chi connectivity index (χ2n) is 6.69. The van der Waals surface area contributed by atoms with Gasteiger partial charge in [-0.15, -0.1) is 0 Å². The molecule has 0 amide bonds. The number of hydrogen-bond acceptors (Lipinski definition) is 8. The fraction of sp³-hybridized carbons (Fsp3) is 0.308. The van der Waals surface area contributed by atoms with Crippen LogP contribution in [0.3, 0.4) is 0 Å². The van der Waals surface area contributed by atoms with Crippen LogP contribution in [0.5, 0.6) is 23.0 Å². The molecule has 0 spiro atoms. The molecule has 2 rings (SSSR count). The van der Waals surface area contributed by atoms with Crippen molar-refractivity contribution in [3.63, 3.8) is 0 Å². The Bertz CT molecular complexity index is 928. The lowest BCUT2D eigenvalue weighted by Crippen LogP contribution is -2.10. The molecule has 0 atom stereocenters. The van der Waals surface area contributed by atoms with Crippen molar-refractivity contribution in [2.45, 2.75) is 13.8 Å². The minimum atomic E-state index is -0.405. The maximum atomic E-state index is 11.5. The first kappa shape index (κ1) is 26.3. The van der Waals surface area contributed by atoms with Gasteiger partial charge in [0.1, 0.15) is 13.2 Å². The number of esters is 2. The SMILES string of the molecule is CCOC(=O)/C=C/c1ccc(OCCOc2ccc(/C=C/C(=O)OCC)cc2OC)c(OC)c1. The number of carbonyl (C=O) groups excluding carboxylic acids is 2. The minimum absolute atomic E-state index is 0.266. The Labute approximate surface area is 199 Å². The van der Waals surface area contributed by atoms with E-state index in [4.69, 9.17) is 28.4 Å². The van der Waals surface area contributed by atoms with Crippen molar-refractivity contribution in [2.75, 3.05) is 40.6 Å². The number of hydrogen-bond donors (Lipinski definition) is 0. The Morgan fingerprint density at radius 3 is 1.44 bits per heavy atom. The summed E-state index contributed by atoms with van der Waals surface area (Å²) in [7, 11) is 3.08. The van der Waals surface area contributed by atoms with Crippen LogP contribution in [-0.2, 0) is 19.1 Å². The third-order valence-electron chi connectivity index (χ3n) is 4.37. The van der Waals surface area contributed by atoms with Crippen molar-refractivity contribution in [2.24, 2.45) is 0 Å². The molecule has 8 nitrogen and oxygen atoms in total. The zero-order valence-electron chi connectivity index (χ0n) is 19.9. The van der Waals surface area contributed by atoms with E-state index in [-0.39, 0.29) is 13.2 Å². The van der Waals surface area contributed by atoms with E-state index < -0.39 is 11.9 Å². The van der Waals surface area contributed by atoms with Crippen LogP contribution in [0.1, 0.15) is 25.0 Å². The van der Waals surface area contributed by atoms with Crippen LogP contribution in [0.4, 0.5) is 0 Å². The first-order valence-corrected chi connectivity index (χ1v) is 10.8. The molecule has 0 heterocycles. The normalized spacial score (nSPS) is 10.8. The van der Waals surface area contributed by atoms with Crippen LogP contribution < -0.4 is 18.9 Å². The molecule has 2 aromatic carbocycles. The first-order chi connectivity index (χ1) is 16.5. The lowest BCUT2D eigenvalue weighted by molar-refractivity contribution is -0.138. The molecule has 0 bridgehead atoms. The molecule has 0 aliphatic rings. The van der Waals surface area contributed by atoms with Gasteiger partial charge in [-0.3, -0.25) is 0 Å². The highest BCUT2D eigenvalue weighted by atomic mass is 16.6. The Kier molecular flexibility index (Phi) is 11.0. The third-order valence-corrected chi connectivity index (χ3v) is 4.37. The summed E-state index contributed by atoms with van der Waals surface area (Å²) < 4.78 is 32.1. The molecule has 0 saturated heterocycles. The van der Waals surface area contributed by atoms with Crippen LogP contribution >= 0.6 is 0 Å². The molecule has 2 aromatic rings. The standard InChI is InChI=1S/C26H30O8/c1-5-31-25(27)13-9-19-7-11-21(23(17-19)29-3)33-15-16-34-22-12-8-20(18-24(22)30-4)10-14-26(28)32-6-2/h7-14,17-18H,5-6,15-16H2,1-4H3/b13-9+,14-10+. The Balaban J connectivity index is 1.93. The molecule has 0 aromatic heterocycles. The maximum Gasteiger partial charge on any atom is 0.330 e. The second-order valence-corrected chi connectivity index (χ2v) is 6.69. The van der Waals surface area contributed by atoms with E-state index in [9.17, 15) is 9.59 Å². The van der Waals surface area contributed by atoms with Crippen molar-refractivity contribution in [3.8, 4) is 23.0 Å². The quantitative estimate of drug-likeness (QED) is 0.243. The first-order valence-electron chi connectivity index (χ1n) is 10.8. The summed E-state index contributed by atoms with van der Waals surface area (Å²) in [6, 6.07) is 10.7. The third kappa shape index (κ3) is 8.54. The maximum absolute atomic E-state index is 11.5. The smallest absolute Gasteiger partial charge is 0.330 e. The van der Waals surface area contributed by atoms with E-state index in [1.807, 2.05) is 0 Å². The highest BCUT2D eigenvalue weighted by Crippen LogP contribution is 2.30. The number of methoxy groups -OCH3 is 2. The van der Waals surface area contributed by atoms with Crippen molar-refractivity contribution in [3.05, 3.63) is 59.7 Å². The molecule has 0 aliphatic carbocycles. The average Bonchev–Trinajstić information content (AvgIpc) is 2.85. The van der Waals surface area contributed by atoms with Gasteiger partial charge in [0, 0.05) is 12.2 Å². The predicted octanol–water partition coefficient (Wildman–Crippen LogP) is 4.31. The lowest BCUT2D eigenvalue weighted by Gasteiger charge is -2.14. The van der Waals surface area contributed by atoms with Gasteiger partial charge >= 0.3 is 11.9 Å². The summed E-state index contributed by atoms with van der Waals surface area (Å²) in [4.78, 5) is 22.9. The summed E-state index contributed by atoms with van der Waals surface area (Å²) in [5, 5.41) is 0. The monoisotopic (exact) mass is 470 g/mol. The number of benzene rings is 2. The van der Waals surface area contributed by atoms with Gasteiger partial charge in [-0.1, -0.05) is 12.1 Å². The highest BCUT2D eigenvalue weighted by Gasteiger charge is 2.08. The van der Waals surface area contributed by atoms with E-state index in [2.05, 4.69) is 0 Å². The highest BCUT2D eigenvalue weighted by molar-refractivity contribution is 5.87. The minimum Gasteiger partial charge on any atom is -0.493 e. The summed E-state index contributed by atoms with van der Waals surface area (Å²) in [5.74, 6) is 1.34. The molecule has 182 valence electrons. The summed E-state index contributed by atoms with van der Waals surface area (Å²) in [6.45, 7) is 4.68. The van der Waals surface area contributed by atoms with Gasteiger partial charge in [0.05, 0.1) is 27.4 Å². The Morgan fingerprint density at radius 1 is 0.676 bits per heavy atom. The summed E-state index contributed by atoms with van der Waals surface area (Å²) >= 11 is 0. The van der Waals surface area contributed by atoms with Gasteiger partial charge in [-0.25, -0.2) is 9.59 Å². The molecular weight excluding hydrogens is 440 g/mol. The zero-order chi connectivity index (χ0) is 24.8. The number of carbonyl (C=O) groups is 2. The van der Waals surface area contributed by atoms with Gasteiger partial charge < -0.3 is 28.4 Å². The molecule has 0 fully saturated rings. The molecule has 0 N–H and O–H groups in total. The van der Waals surface area contributed by atoms with E-state index >= 15 is 0 Å². The molecule has 0 radical (unpaired) electrons. The van der Waals surface area contributed by atoms with E-state index in [0.29, 0.717) is 36.2 Å². The number of rotatable bonds is 13. The fourth-order valence-electron chi connectivity index (χ4n) is 2.83. The van der Waals surface area contributed by atoms with E-state index in [1.54, 1.807) is 76.6 Å². The topological polar surface area (TPSA) is 89.5 Å². The molecule has 8 heteroatoms. The predicted molar refractivity (Wildman–Crippen MR) is 128 cm³/mol. The largest absolute Gasteiger partial charge is 0.493 e. The van der Waals surface area contributed by atoms with E-state index in [1.165, 1.54) is 12.2 Å². The zero-order valence-corrected chi connectivity index (χ0v) is 19.9. The molecule has 0 saturated carbocycles. The Hall–Kier alpha value is -3.94. The van der Waals surface area contributed by atoms with Gasteiger partial charge in [-0.2, -0.15) is 0 Å². The fourth-order valence-corrected chi connectivity index (χ4v) is 2.83. The van der Waals surface area contributed by atoms with Crippen LogP contribution in [0.2, 0.25) is 0 Å². The second kappa shape index (κ2) is 14.3. The van der Waals surface area contributed by atoms with Crippen LogP contribution in [0.25, 0.3) is 12.2 Å². The van der Waals surface area contributed by atoms with Gasteiger partial charge in [0.2, 0.25) is 0 Å². The average molecular weight is 471 g/mol. The van der Waals surface area contributed by atoms with Crippen molar-refractivity contribution in [1.29, 1.82) is 0 Å². The van der Waals surface area contributed by atoms with Crippen molar-refractivity contribution < 1.29 is 38.0 Å². The van der Waals surface area contributed by atoms with E-state index in [0.717, 1.165) is 11.1 Å². The van der Waals surface area contributed by atoms with Crippen LogP contribution in [0.15, 0.2) is 48.6 Å². The molecule has 0 aliphatic heterocycles. The lowest BCUT2D eigenvalue weighted by atomic mass is 10.2. The van der Waals surface area contributed by atoms with Gasteiger partial charge in [0.25, 0.3) is 0 Å². The molecule has 34 heavy (non-hydrogen) atoms. The van der Waals surface area contributed by atoms with Crippen molar-refractivity contribution in [1.82, 2.24) is 0 Å². The summed E-state index contributed by atoms with van der Waals surface area (Å²) in [5.41, 5.74) is 1.55. The van der Waals surface area contributed by atoms with Crippen LogP contribution in [0, 0.1) is 0 Å². The number of ether oxygens (including phenoxy) is 6. The van der Waals surface area contributed by atoms with Gasteiger partial charge in [-0.05, 0) is 61.4 Å². The molecular formula is C26H30O8. The van der Waals surface area contributed by atoms with Gasteiger partial charge in [0.15, 0.2) is 23.0 Å². The van der Waals surface area contributed by atoms with Crippen LogP contribution in [-0.4, -0.2) is 52.6 Å². The van der Waals surface area contributed by atoms with Crippen molar-refractivity contribution >= 4 is 24.1 Å². The Morgan fingerprint density at radius 2 is 1.09 bits per heavy atom. The summed E-state index contributed by atoms with van der Waals surface area (Å²) in [6.07, 6.45) is 6.01. The molecule has 0 unspecified atom stereocenters.